The Bertz CT molecular complexity index is 92.1. The Balaban J connectivity index is 3.05. The molecule has 0 amide bonds. The third kappa shape index (κ3) is 8.58. The molecule has 0 aliphatic carbocycles. The third-order valence-corrected chi connectivity index (χ3v) is 2.75. The van der Waals surface area contributed by atoms with Crippen molar-refractivity contribution in [1.82, 2.24) is 5.32 Å². The highest BCUT2D eigenvalue weighted by atomic mass is 35.5. The summed E-state index contributed by atoms with van der Waals surface area (Å²) in [5.41, 5.74) is 0. The molecule has 0 aromatic rings. The Morgan fingerprint density at radius 3 is 2.15 bits per heavy atom. The quantitative estimate of drug-likeness (QED) is 0.449. The third-order valence-electron chi connectivity index (χ3n) is 2.48. The van der Waals surface area contributed by atoms with Crippen molar-refractivity contribution >= 4 is 11.6 Å². The van der Waals surface area contributed by atoms with Crippen LogP contribution >= 0.6 is 11.6 Å². The van der Waals surface area contributed by atoms with E-state index < -0.39 is 0 Å². The molecule has 0 atom stereocenters. The van der Waals surface area contributed by atoms with Crippen molar-refractivity contribution in [1.29, 1.82) is 0 Å². The van der Waals surface area contributed by atoms with Gasteiger partial charge in [-0.1, -0.05) is 26.7 Å². The van der Waals surface area contributed by atoms with E-state index >= 15 is 0 Å². The van der Waals surface area contributed by atoms with Crippen LogP contribution in [-0.4, -0.2) is 18.5 Å². The number of unbranched alkanes of at least 4 members (excludes halogenated alkanes) is 3. The Hall–Kier alpha value is 0.250. The molecular formula is C11H24ClN. The fourth-order valence-electron chi connectivity index (χ4n) is 1.46. The first-order valence-corrected chi connectivity index (χ1v) is 6.17. The van der Waals surface area contributed by atoms with Crippen LogP contribution in [0, 0.1) is 0 Å². The minimum Gasteiger partial charge on any atom is -0.314 e. The number of alkyl halides is 1. The van der Waals surface area contributed by atoms with Crippen LogP contribution in [0.4, 0.5) is 0 Å². The van der Waals surface area contributed by atoms with Gasteiger partial charge in [-0.05, 0) is 32.2 Å². The topological polar surface area (TPSA) is 12.0 Å². The van der Waals surface area contributed by atoms with Gasteiger partial charge in [0.1, 0.15) is 0 Å². The van der Waals surface area contributed by atoms with E-state index in [1.807, 2.05) is 0 Å². The van der Waals surface area contributed by atoms with E-state index in [1.165, 1.54) is 45.1 Å². The fourth-order valence-corrected chi connectivity index (χ4v) is 1.65. The van der Waals surface area contributed by atoms with Gasteiger partial charge in [-0.15, -0.1) is 11.6 Å². The molecule has 0 aromatic heterocycles. The molecule has 13 heavy (non-hydrogen) atoms. The van der Waals surface area contributed by atoms with Crippen LogP contribution in [0.2, 0.25) is 0 Å². The average molecular weight is 206 g/mol. The van der Waals surface area contributed by atoms with Crippen LogP contribution in [0.5, 0.6) is 0 Å². The second kappa shape index (κ2) is 10.3. The molecule has 0 aliphatic rings. The summed E-state index contributed by atoms with van der Waals surface area (Å²) in [6.07, 6.45) is 7.57. The molecule has 0 saturated heterocycles. The summed E-state index contributed by atoms with van der Waals surface area (Å²) in [6, 6.07) is 0.730. The van der Waals surface area contributed by atoms with Crippen molar-refractivity contribution in [2.24, 2.45) is 0 Å². The molecule has 0 radical (unpaired) electrons. The van der Waals surface area contributed by atoms with E-state index in [0.717, 1.165) is 11.9 Å². The van der Waals surface area contributed by atoms with Crippen molar-refractivity contribution in [3.63, 3.8) is 0 Å². The fraction of sp³-hybridized carbons (Fsp3) is 1.00. The average Bonchev–Trinajstić information content (AvgIpc) is 2.17. The van der Waals surface area contributed by atoms with Crippen molar-refractivity contribution in [3.8, 4) is 0 Å². The molecule has 1 nitrogen and oxygen atoms in total. The van der Waals surface area contributed by atoms with E-state index in [0.29, 0.717) is 0 Å². The minimum atomic E-state index is 0.730. The lowest BCUT2D eigenvalue weighted by Gasteiger charge is -2.14. The van der Waals surface area contributed by atoms with Gasteiger partial charge in [-0.3, -0.25) is 0 Å². The molecule has 0 bridgehead atoms. The summed E-state index contributed by atoms with van der Waals surface area (Å²) in [5, 5.41) is 3.56. The van der Waals surface area contributed by atoms with Gasteiger partial charge in [-0.2, -0.15) is 0 Å². The van der Waals surface area contributed by atoms with E-state index in [1.54, 1.807) is 0 Å². The van der Waals surface area contributed by atoms with E-state index in [-0.39, 0.29) is 0 Å². The number of halogens is 1. The summed E-state index contributed by atoms with van der Waals surface area (Å²) >= 11 is 5.59. The highest BCUT2D eigenvalue weighted by Crippen LogP contribution is 2.01. The maximum atomic E-state index is 5.59. The summed E-state index contributed by atoms with van der Waals surface area (Å²) in [5.74, 6) is 0.819. The zero-order valence-corrected chi connectivity index (χ0v) is 9.87. The molecular weight excluding hydrogens is 182 g/mol. The highest BCUT2D eigenvalue weighted by molar-refractivity contribution is 6.17. The zero-order chi connectivity index (χ0) is 9.94. The smallest absolute Gasteiger partial charge is 0.0223 e. The number of hydrogen-bond donors (Lipinski definition) is 1. The van der Waals surface area contributed by atoms with Gasteiger partial charge in [0, 0.05) is 11.9 Å². The lowest BCUT2D eigenvalue weighted by atomic mass is 10.1. The Morgan fingerprint density at radius 1 is 1.00 bits per heavy atom. The SMILES string of the molecule is CCC(CC)NCCCCCCCl. The van der Waals surface area contributed by atoms with Crippen LogP contribution < -0.4 is 5.32 Å². The first-order valence-electron chi connectivity index (χ1n) is 5.64. The molecule has 0 fully saturated rings. The number of hydrogen-bond acceptors (Lipinski definition) is 1. The summed E-state index contributed by atoms with van der Waals surface area (Å²) in [6.45, 7) is 5.66. The molecule has 0 unspecified atom stereocenters. The normalized spacial score (nSPS) is 11.1. The van der Waals surface area contributed by atoms with Gasteiger partial charge in [0.15, 0.2) is 0 Å². The van der Waals surface area contributed by atoms with Crippen LogP contribution in [0.15, 0.2) is 0 Å². The van der Waals surface area contributed by atoms with E-state index in [2.05, 4.69) is 19.2 Å². The molecule has 0 heterocycles. The lowest BCUT2D eigenvalue weighted by Crippen LogP contribution is -2.28. The van der Waals surface area contributed by atoms with Gasteiger partial charge in [0.2, 0.25) is 0 Å². The second-order valence-corrected chi connectivity index (χ2v) is 3.95. The van der Waals surface area contributed by atoms with Crippen LogP contribution in [0.3, 0.4) is 0 Å². The summed E-state index contributed by atoms with van der Waals surface area (Å²) < 4.78 is 0. The number of rotatable bonds is 9. The van der Waals surface area contributed by atoms with Crippen molar-refractivity contribution in [3.05, 3.63) is 0 Å². The molecule has 0 aliphatic heterocycles. The van der Waals surface area contributed by atoms with Crippen molar-refractivity contribution in [2.45, 2.75) is 58.4 Å². The van der Waals surface area contributed by atoms with Crippen molar-refractivity contribution < 1.29 is 0 Å². The predicted octanol–water partition coefficient (Wildman–Crippen LogP) is 3.56. The predicted molar refractivity (Wildman–Crippen MR) is 61.6 cm³/mol. The highest BCUT2D eigenvalue weighted by Gasteiger charge is 1.99. The first-order chi connectivity index (χ1) is 6.35. The Labute approximate surface area is 88.2 Å². The van der Waals surface area contributed by atoms with Gasteiger partial charge in [-0.25, -0.2) is 0 Å². The Morgan fingerprint density at radius 2 is 1.62 bits per heavy atom. The first kappa shape index (κ1) is 13.2. The maximum absolute atomic E-state index is 5.59. The zero-order valence-electron chi connectivity index (χ0n) is 9.11. The van der Waals surface area contributed by atoms with E-state index in [9.17, 15) is 0 Å². The molecule has 2 heteroatoms. The van der Waals surface area contributed by atoms with Gasteiger partial charge < -0.3 is 5.32 Å². The van der Waals surface area contributed by atoms with Gasteiger partial charge >= 0.3 is 0 Å². The standard InChI is InChI=1S/C11H24ClN/c1-3-11(4-2)13-10-8-6-5-7-9-12/h11,13H,3-10H2,1-2H3. The van der Waals surface area contributed by atoms with Crippen LogP contribution in [0.1, 0.15) is 52.4 Å². The van der Waals surface area contributed by atoms with Crippen molar-refractivity contribution in [2.75, 3.05) is 12.4 Å². The largest absolute Gasteiger partial charge is 0.314 e. The monoisotopic (exact) mass is 205 g/mol. The van der Waals surface area contributed by atoms with Crippen LogP contribution in [0.25, 0.3) is 0 Å². The summed E-state index contributed by atoms with van der Waals surface area (Å²) in [4.78, 5) is 0. The van der Waals surface area contributed by atoms with Crippen LogP contribution in [-0.2, 0) is 0 Å². The minimum absolute atomic E-state index is 0.730. The molecule has 0 saturated carbocycles. The number of nitrogens with one attached hydrogen (secondary N) is 1. The molecule has 0 rings (SSSR count). The molecule has 0 spiro atoms. The maximum Gasteiger partial charge on any atom is 0.0223 e. The van der Waals surface area contributed by atoms with Gasteiger partial charge in [0.25, 0.3) is 0 Å². The molecule has 0 aromatic carbocycles. The van der Waals surface area contributed by atoms with Gasteiger partial charge in [0.05, 0.1) is 0 Å². The lowest BCUT2D eigenvalue weighted by molar-refractivity contribution is 0.470. The van der Waals surface area contributed by atoms with E-state index in [4.69, 9.17) is 11.6 Å². The Kier molecular flexibility index (Phi) is 10.5. The summed E-state index contributed by atoms with van der Waals surface area (Å²) in [7, 11) is 0. The molecule has 1 N–H and O–H groups in total. The second-order valence-electron chi connectivity index (χ2n) is 3.57. The molecule has 80 valence electrons.